The van der Waals surface area contributed by atoms with E-state index in [0.29, 0.717) is 23.6 Å². The topological polar surface area (TPSA) is 68.9 Å². The number of alkyl halides is 6. The van der Waals surface area contributed by atoms with E-state index < -0.39 is 40.6 Å². The Morgan fingerprint density at radius 3 is 2.09 bits per heavy atom. The third kappa shape index (κ3) is 5.00. The summed E-state index contributed by atoms with van der Waals surface area (Å²) in [4.78, 5) is 25.2. The lowest BCUT2D eigenvalue weighted by atomic mass is 10.0. The van der Waals surface area contributed by atoms with E-state index in [1.165, 1.54) is 4.57 Å². The third-order valence-electron chi connectivity index (χ3n) is 5.28. The first-order valence-corrected chi connectivity index (χ1v) is 10.3. The van der Waals surface area contributed by atoms with Gasteiger partial charge in [-0.15, -0.1) is 0 Å². The van der Waals surface area contributed by atoms with E-state index in [9.17, 15) is 35.9 Å². The molecule has 0 bridgehead atoms. The molecule has 1 amide bonds. The summed E-state index contributed by atoms with van der Waals surface area (Å²) < 4.78 is 80.7. The van der Waals surface area contributed by atoms with Crippen LogP contribution in [0.1, 0.15) is 46.1 Å². The first-order chi connectivity index (χ1) is 15.9. The molecule has 2 aromatic carbocycles. The predicted octanol–water partition coefficient (Wildman–Crippen LogP) is 4.38. The number of carbonyl (C=O) groups is 1. The third-order valence-corrected chi connectivity index (χ3v) is 5.28. The van der Waals surface area contributed by atoms with Crippen LogP contribution in [-0.4, -0.2) is 26.8 Å². The highest BCUT2D eigenvalue weighted by Gasteiger charge is 2.37. The molecule has 6 nitrogen and oxygen atoms in total. The van der Waals surface area contributed by atoms with Gasteiger partial charge in [0, 0.05) is 18.0 Å². The summed E-state index contributed by atoms with van der Waals surface area (Å²) in [6.07, 6.45) is -8.38. The van der Waals surface area contributed by atoms with Gasteiger partial charge in [0.25, 0.3) is 5.91 Å². The summed E-state index contributed by atoms with van der Waals surface area (Å²) in [6, 6.07) is 9.47. The minimum Gasteiger partial charge on any atom is -0.350 e. The van der Waals surface area contributed by atoms with Gasteiger partial charge in [-0.2, -0.15) is 31.4 Å². The summed E-state index contributed by atoms with van der Waals surface area (Å²) in [7, 11) is 0. The lowest BCUT2D eigenvalue weighted by Gasteiger charge is -2.14. The van der Waals surface area contributed by atoms with Crippen molar-refractivity contribution in [2.24, 2.45) is 0 Å². The van der Waals surface area contributed by atoms with Crippen LogP contribution in [0, 0.1) is 0 Å². The van der Waals surface area contributed by atoms with Crippen molar-refractivity contribution < 1.29 is 31.1 Å². The number of hydrogen-bond donors (Lipinski definition) is 1. The van der Waals surface area contributed by atoms with Crippen molar-refractivity contribution in [1.82, 2.24) is 19.7 Å². The van der Waals surface area contributed by atoms with Gasteiger partial charge in [0.15, 0.2) is 0 Å². The number of rotatable bonds is 6. The van der Waals surface area contributed by atoms with Crippen molar-refractivity contribution in [3.8, 4) is 5.69 Å². The number of para-hydroxylation sites is 1. The van der Waals surface area contributed by atoms with E-state index in [1.807, 2.05) is 0 Å². The lowest BCUT2D eigenvalue weighted by Crippen LogP contribution is -2.32. The second kappa shape index (κ2) is 8.65. The molecule has 3 aromatic rings. The fourth-order valence-corrected chi connectivity index (χ4v) is 3.46. The maximum atomic E-state index is 13.0. The molecule has 1 aliphatic rings. The number of aromatic nitrogens is 3. The van der Waals surface area contributed by atoms with Crippen molar-refractivity contribution in [1.29, 1.82) is 0 Å². The summed E-state index contributed by atoms with van der Waals surface area (Å²) in [5.74, 6) is -0.445. The Morgan fingerprint density at radius 2 is 1.56 bits per heavy atom. The largest absolute Gasteiger partial charge is 0.416 e. The van der Waals surface area contributed by atoms with Crippen LogP contribution in [0.25, 0.3) is 5.69 Å². The number of carbonyl (C=O) groups excluding carboxylic acids is 1. The van der Waals surface area contributed by atoms with Crippen LogP contribution in [0.15, 0.2) is 53.3 Å². The van der Waals surface area contributed by atoms with E-state index in [0.717, 1.165) is 17.5 Å². The average Bonchev–Trinajstić information content (AvgIpc) is 3.57. The molecule has 1 saturated carbocycles. The SMILES string of the molecule is O=C(NCCn1nc(C2CC2)n(-c2ccccc2)c1=O)c1cc(C(F)(F)F)cc(C(F)(F)F)c1. The van der Waals surface area contributed by atoms with Gasteiger partial charge >= 0.3 is 18.0 Å². The van der Waals surface area contributed by atoms with E-state index in [2.05, 4.69) is 10.4 Å². The van der Waals surface area contributed by atoms with Gasteiger partial charge in [0.2, 0.25) is 0 Å². The van der Waals surface area contributed by atoms with Gasteiger partial charge < -0.3 is 5.32 Å². The molecule has 4 rings (SSSR count). The smallest absolute Gasteiger partial charge is 0.350 e. The molecule has 180 valence electrons. The number of hydrogen-bond acceptors (Lipinski definition) is 3. The minimum absolute atomic E-state index is 0.0496. The number of nitrogens with one attached hydrogen (secondary N) is 1. The Hall–Kier alpha value is -3.57. The normalized spacial score (nSPS) is 14.3. The quantitative estimate of drug-likeness (QED) is 0.528. The van der Waals surface area contributed by atoms with Crippen molar-refractivity contribution in [3.05, 3.63) is 81.5 Å². The number of halogens is 6. The molecule has 0 spiro atoms. The molecule has 1 heterocycles. The van der Waals surface area contributed by atoms with Gasteiger partial charge in [-0.3, -0.25) is 4.79 Å². The lowest BCUT2D eigenvalue weighted by molar-refractivity contribution is -0.143. The van der Waals surface area contributed by atoms with Gasteiger partial charge in [-0.25, -0.2) is 14.0 Å². The van der Waals surface area contributed by atoms with E-state index in [-0.39, 0.29) is 25.1 Å². The first kappa shape index (κ1) is 23.6. The zero-order chi connectivity index (χ0) is 24.7. The second-order valence-electron chi connectivity index (χ2n) is 7.86. The van der Waals surface area contributed by atoms with Crippen molar-refractivity contribution in [3.63, 3.8) is 0 Å². The fraction of sp³-hybridized carbons (Fsp3) is 0.318. The highest BCUT2D eigenvalue weighted by atomic mass is 19.4. The summed E-state index contributed by atoms with van der Waals surface area (Å²) in [5.41, 5.74) is -3.80. The second-order valence-corrected chi connectivity index (χ2v) is 7.86. The summed E-state index contributed by atoms with van der Waals surface area (Å²) >= 11 is 0. The first-order valence-electron chi connectivity index (χ1n) is 10.3. The molecule has 0 saturated heterocycles. The van der Waals surface area contributed by atoms with Gasteiger partial charge in [-0.05, 0) is 43.2 Å². The Labute approximate surface area is 188 Å². The van der Waals surface area contributed by atoms with Crippen LogP contribution in [0.2, 0.25) is 0 Å². The van der Waals surface area contributed by atoms with Crippen LogP contribution >= 0.6 is 0 Å². The molecule has 0 aliphatic heterocycles. The Kier molecular flexibility index (Phi) is 6.00. The van der Waals surface area contributed by atoms with Crippen LogP contribution in [0.3, 0.4) is 0 Å². The number of amides is 1. The molecule has 1 aromatic heterocycles. The van der Waals surface area contributed by atoms with Crippen LogP contribution in [0.5, 0.6) is 0 Å². The summed E-state index contributed by atoms with van der Waals surface area (Å²) in [6.45, 7) is -0.346. The van der Waals surface area contributed by atoms with Crippen LogP contribution < -0.4 is 11.0 Å². The molecular formula is C22H18F6N4O2. The molecule has 0 unspecified atom stereocenters. The monoisotopic (exact) mass is 484 g/mol. The fourth-order valence-electron chi connectivity index (χ4n) is 3.46. The molecule has 1 fully saturated rings. The maximum absolute atomic E-state index is 13.0. The number of nitrogens with zero attached hydrogens (tertiary/aromatic N) is 3. The summed E-state index contributed by atoms with van der Waals surface area (Å²) in [5, 5.41) is 6.59. The zero-order valence-electron chi connectivity index (χ0n) is 17.5. The molecule has 0 radical (unpaired) electrons. The molecule has 1 N–H and O–H groups in total. The van der Waals surface area contributed by atoms with E-state index >= 15 is 0 Å². The average molecular weight is 484 g/mol. The van der Waals surface area contributed by atoms with Crippen LogP contribution in [-0.2, 0) is 18.9 Å². The van der Waals surface area contributed by atoms with Crippen molar-refractivity contribution in [2.75, 3.05) is 6.54 Å². The van der Waals surface area contributed by atoms with E-state index in [4.69, 9.17) is 0 Å². The maximum Gasteiger partial charge on any atom is 0.416 e. The van der Waals surface area contributed by atoms with Gasteiger partial charge in [0.1, 0.15) is 5.82 Å². The van der Waals surface area contributed by atoms with Crippen LogP contribution in [0.4, 0.5) is 26.3 Å². The Bertz CT molecular complexity index is 1220. The van der Waals surface area contributed by atoms with Gasteiger partial charge in [-0.1, -0.05) is 18.2 Å². The highest BCUT2D eigenvalue weighted by Crippen LogP contribution is 2.39. The molecule has 1 aliphatic carbocycles. The highest BCUT2D eigenvalue weighted by molar-refractivity contribution is 5.94. The minimum atomic E-state index is -5.06. The zero-order valence-corrected chi connectivity index (χ0v) is 17.5. The van der Waals surface area contributed by atoms with Gasteiger partial charge in [0.05, 0.1) is 23.4 Å². The Balaban J connectivity index is 1.52. The van der Waals surface area contributed by atoms with Crippen molar-refractivity contribution >= 4 is 5.91 Å². The Morgan fingerprint density at radius 1 is 0.971 bits per heavy atom. The number of benzene rings is 2. The predicted molar refractivity (Wildman–Crippen MR) is 109 cm³/mol. The molecular weight excluding hydrogens is 466 g/mol. The van der Waals surface area contributed by atoms with Crippen molar-refractivity contribution in [2.45, 2.75) is 37.7 Å². The standard InChI is InChI=1S/C22H18F6N4O2/c23-21(24,25)15-10-14(11-16(12-15)22(26,27)28)19(33)29-8-9-31-20(34)32(17-4-2-1-3-5-17)18(30-31)13-6-7-13/h1-5,10-13H,6-9H2,(H,29,33). The molecule has 12 heteroatoms. The van der Waals surface area contributed by atoms with E-state index in [1.54, 1.807) is 30.3 Å². The molecule has 34 heavy (non-hydrogen) atoms. The molecule has 0 atom stereocenters.